The molecule has 2 amide bonds. The van der Waals surface area contributed by atoms with Crippen LogP contribution < -0.4 is 10.6 Å². The minimum atomic E-state index is -0.691. The van der Waals surface area contributed by atoms with Crippen LogP contribution in [0.3, 0.4) is 0 Å². The molecule has 0 spiro atoms. The standard InChI is InChI=1S/C22H25N3O6/c1-3-15-7-5-8-16(4-2)22(15)24-20(27)14-31-21(28)12-11-19(26)23-17-9-6-10-18(13-17)25(29)30/h5-10,13H,3-4,11-12,14H2,1-2H3,(H,23,26)(H,24,27). The largest absolute Gasteiger partial charge is 0.456 e. The number of nitrogens with zero attached hydrogens (tertiary/aromatic N) is 1. The highest BCUT2D eigenvalue weighted by atomic mass is 16.6. The van der Waals surface area contributed by atoms with Gasteiger partial charge < -0.3 is 15.4 Å². The van der Waals surface area contributed by atoms with Crippen LogP contribution in [0.2, 0.25) is 0 Å². The number of aryl methyl sites for hydroxylation is 2. The Kier molecular flexibility index (Phi) is 8.68. The molecule has 2 aromatic carbocycles. The summed E-state index contributed by atoms with van der Waals surface area (Å²) in [6.07, 6.45) is 1.10. The summed E-state index contributed by atoms with van der Waals surface area (Å²) in [7, 11) is 0. The fraction of sp³-hybridized carbons (Fsp3) is 0.318. The van der Waals surface area contributed by atoms with E-state index < -0.39 is 29.3 Å². The van der Waals surface area contributed by atoms with Crippen molar-refractivity contribution in [1.29, 1.82) is 0 Å². The minimum absolute atomic E-state index is 0.154. The normalized spacial score (nSPS) is 10.3. The van der Waals surface area contributed by atoms with Gasteiger partial charge in [-0.2, -0.15) is 0 Å². The molecule has 0 atom stereocenters. The number of non-ortho nitro benzene ring substituents is 1. The van der Waals surface area contributed by atoms with E-state index in [-0.39, 0.29) is 24.2 Å². The number of hydrogen-bond acceptors (Lipinski definition) is 6. The van der Waals surface area contributed by atoms with E-state index in [2.05, 4.69) is 10.6 Å². The number of rotatable bonds is 10. The zero-order valence-electron chi connectivity index (χ0n) is 17.5. The van der Waals surface area contributed by atoms with Gasteiger partial charge in [0.1, 0.15) is 0 Å². The van der Waals surface area contributed by atoms with Gasteiger partial charge in [-0.15, -0.1) is 0 Å². The van der Waals surface area contributed by atoms with Gasteiger partial charge in [-0.25, -0.2) is 0 Å². The molecule has 164 valence electrons. The van der Waals surface area contributed by atoms with Crippen molar-refractivity contribution in [2.45, 2.75) is 39.5 Å². The molecule has 2 aromatic rings. The van der Waals surface area contributed by atoms with Gasteiger partial charge in [0.15, 0.2) is 6.61 Å². The van der Waals surface area contributed by atoms with E-state index in [0.717, 1.165) is 29.7 Å². The summed E-state index contributed by atoms with van der Waals surface area (Å²) in [6.45, 7) is 3.53. The van der Waals surface area contributed by atoms with Gasteiger partial charge in [-0.05, 0) is 30.0 Å². The lowest BCUT2D eigenvalue weighted by Crippen LogP contribution is -2.23. The first kappa shape index (κ1) is 23.5. The Labute approximate surface area is 179 Å². The van der Waals surface area contributed by atoms with Crippen LogP contribution in [0.1, 0.15) is 37.8 Å². The highest BCUT2D eigenvalue weighted by Gasteiger charge is 2.14. The third-order valence-corrected chi connectivity index (χ3v) is 4.52. The van der Waals surface area contributed by atoms with Gasteiger partial charge in [0, 0.05) is 29.9 Å². The van der Waals surface area contributed by atoms with Crippen molar-refractivity contribution in [1.82, 2.24) is 0 Å². The maximum Gasteiger partial charge on any atom is 0.306 e. The highest BCUT2D eigenvalue weighted by molar-refractivity contribution is 5.95. The summed E-state index contributed by atoms with van der Waals surface area (Å²) in [5.41, 5.74) is 2.84. The molecule has 2 rings (SSSR count). The van der Waals surface area contributed by atoms with Crippen LogP contribution in [0, 0.1) is 10.1 Å². The fourth-order valence-corrected chi connectivity index (χ4v) is 2.93. The van der Waals surface area contributed by atoms with E-state index in [0.29, 0.717) is 0 Å². The highest BCUT2D eigenvalue weighted by Crippen LogP contribution is 2.22. The van der Waals surface area contributed by atoms with Crippen molar-refractivity contribution in [3.63, 3.8) is 0 Å². The molecule has 0 heterocycles. The van der Waals surface area contributed by atoms with Crippen molar-refractivity contribution in [2.24, 2.45) is 0 Å². The predicted octanol–water partition coefficient (Wildman–Crippen LogP) is 3.62. The Morgan fingerprint density at radius 2 is 1.58 bits per heavy atom. The van der Waals surface area contributed by atoms with E-state index >= 15 is 0 Å². The first-order chi connectivity index (χ1) is 14.8. The van der Waals surface area contributed by atoms with Gasteiger partial charge in [-0.3, -0.25) is 24.5 Å². The molecule has 9 nitrogen and oxygen atoms in total. The van der Waals surface area contributed by atoms with Gasteiger partial charge in [0.25, 0.3) is 11.6 Å². The van der Waals surface area contributed by atoms with Crippen molar-refractivity contribution in [3.8, 4) is 0 Å². The number of hydrogen-bond donors (Lipinski definition) is 2. The summed E-state index contributed by atoms with van der Waals surface area (Å²) in [5, 5.41) is 16.0. The molecule has 0 aliphatic carbocycles. The average molecular weight is 427 g/mol. The van der Waals surface area contributed by atoms with Crippen LogP contribution in [-0.2, 0) is 32.0 Å². The summed E-state index contributed by atoms with van der Waals surface area (Å²) < 4.78 is 4.95. The molecule has 9 heteroatoms. The van der Waals surface area contributed by atoms with E-state index in [1.807, 2.05) is 32.0 Å². The molecule has 0 aliphatic heterocycles. The summed E-state index contributed by atoms with van der Waals surface area (Å²) >= 11 is 0. The molecule has 0 bridgehead atoms. The number of carbonyl (C=O) groups excluding carboxylic acids is 3. The molecule has 0 aliphatic rings. The second-order valence-electron chi connectivity index (χ2n) is 6.72. The molecule has 0 radical (unpaired) electrons. The molecular formula is C22H25N3O6. The van der Waals surface area contributed by atoms with Crippen molar-refractivity contribution in [2.75, 3.05) is 17.2 Å². The molecule has 31 heavy (non-hydrogen) atoms. The first-order valence-electron chi connectivity index (χ1n) is 9.94. The molecule has 0 saturated heterocycles. The van der Waals surface area contributed by atoms with Gasteiger partial charge in [0.05, 0.1) is 11.3 Å². The number of para-hydroxylation sites is 1. The molecular weight excluding hydrogens is 402 g/mol. The van der Waals surface area contributed by atoms with E-state index in [1.165, 1.54) is 24.3 Å². The second-order valence-corrected chi connectivity index (χ2v) is 6.72. The lowest BCUT2D eigenvalue weighted by molar-refractivity contribution is -0.384. The Morgan fingerprint density at radius 3 is 2.19 bits per heavy atom. The number of amides is 2. The molecule has 0 aromatic heterocycles. The maximum atomic E-state index is 12.2. The van der Waals surface area contributed by atoms with E-state index in [1.54, 1.807) is 0 Å². The van der Waals surface area contributed by atoms with Gasteiger partial charge in [0.2, 0.25) is 5.91 Å². The number of anilines is 2. The topological polar surface area (TPSA) is 128 Å². The van der Waals surface area contributed by atoms with Crippen molar-refractivity contribution in [3.05, 3.63) is 63.7 Å². The molecule has 0 saturated carbocycles. The Balaban J connectivity index is 1.79. The van der Waals surface area contributed by atoms with Crippen LogP contribution in [0.25, 0.3) is 0 Å². The minimum Gasteiger partial charge on any atom is -0.456 e. The number of carbonyl (C=O) groups is 3. The number of nitrogens with one attached hydrogen (secondary N) is 2. The molecule has 2 N–H and O–H groups in total. The van der Waals surface area contributed by atoms with E-state index in [4.69, 9.17) is 4.74 Å². The smallest absolute Gasteiger partial charge is 0.306 e. The SMILES string of the molecule is CCc1cccc(CC)c1NC(=O)COC(=O)CCC(=O)Nc1cccc([N+](=O)[O-])c1. The van der Waals surface area contributed by atoms with Crippen LogP contribution in [-0.4, -0.2) is 29.3 Å². The summed E-state index contributed by atoms with van der Waals surface area (Å²) in [5.74, 6) is -1.64. The number of ether oxygens (including phenoxy) is 1. The average Bonchev–Trinajstić information content (AvgIpc) is 2.76. The lowest BCUT2D eigenvalue weighted by Gasteiger charge is -2.14. The van der Waals surface area contributed by atoms with Gasteiger partial charge >= 0.3 is 5.97 Å². The van der Waals surface area contributed by atoms with Crippen LogP contribution in [0.15, 0.2) is 42.5 Å². The summed E-state index contributed by atoms with van der Waals surface area (Å²) in [4.78, 5) is 46.2. The summed E-state index contributed by atoms with van der Waals surface area (Å²) in [6, 6.07) is 11.3. The zero-order chi connectivity index (χ0) is 22.8. The third-order valence-electron chi connectivity index (χ3n) is 4.52. The quantitative estimate of drug-likeness (QED) is 0.339. The molecule has 0 unspecified atom stereocenters. The zero-order valence-corrected chi connectivity index (χ0v) is 17.5. The lowest BCUT2D eigenvalue weighted by atomic mass is 10.0. The Hall–Kier alpha value is -3.75. The number of nitro groups is 1. The van der Waals surface area contributed by atoms with Crippen LogP contribution >= 0.6 is 0 Å². The second kappa shape index (κ2) is 11.4. The van der Waals surface area contributed by atoms with Crippen molar-refractivity contribution >= 4 is 34.8 Å². The monoisotopic (exact) mass is 427 g/mol. The number of esters is 1. The number of nitro benzene ring substituents is 1. The number of benzene rings is 2. The first-order valence-corrected chi connectivity index (χ1v) is 9.94. The van der Waals surface area contributed by atoms with E-state index in [9.17, 15) is 24.5 Å². The fourth-order valence-electron chi connectivity index (χ4n) is 2.93. The Morgan fingerprint density at radius 1 is 0.935 bits per heavy atom. The van der Waals surface area contributed by atoms with Crippen molar-refractivity contribution < 1.29 is 24.0 Å². The third kappa shape index (κ3) is 7.22. The van der Waals surface area contributed by atoms with Crippen LogP contribution in [0.4, 0.5) is 17.1 Å². The predicted molar refractivity (Wildman–Crippen MR) is 116 cm³/mol. The van der Waals surface area contributed by atoms with Gasteiger partial charge in [-0.1, -0.05) is 38.1 Å². The van der Waals surface area contributed by atoms with Crippen LogP contribution in [0.5, 0.6) is 0 Å². The maximum absolute atomic E-state index is 12.2. The molecule has 0 fully saturated rings. The Bertz CT molecular complexity index is 951.